The van der Waals surface area contributed by atoms with Gasteiger partial charge < -0.3 is 4.74 Å². The number of ether oxygens (including phenoxy) is 1. The second-order valence-electron chi connectivity index (χ2n) is 1.51. The Bertz CT molecular complexity index is 143. The van der Waals surface area contributed by atoms with Crippen molar-refractivity contribution in [2.75, 3.05) is 18.9 Å². The fourth-order valence-corrected chi connectivity index (χ4v) is 0.821. The van der Waals surface area contributed by atoms with Gasteiger partial charge >= 0.3 is 5.97 Å². The van der Waals surface area contributed by atoms with E-state index in [1.54, 1.807) is 0 Å². The first kappa shape index (κ1) is 9.79. The van der Waals surface area contributed by atoms with E-state index in [-0.39, 0.29) is 11.8 Å². The van der Waals surface area contributed by atoms with Gasteiger partial charge in [-0.3, -0.25) is 0 Å². The summed E-state index contributed by atoms with van der Waals surface area (Å²) < 4.78 is 4.41. The molecule has 0 bridgehead atoms. The first-order chi connectivity index (χ1) is 4.76. The molecular formula is C6H8Cl2O2. The van der Waals surface area contributed by atoms with Gasteiger partial charge in [-0.05, 0) is 0 Å². The van der Waals surface area contributed by atoms with E-state index >= 15 is 0 Å². The summed E-state index contributed by atoms with van der Waals surface area (Å²) >= 11 is 10.7. The monoisotopic (exact) mass is 182 g/mol. The fraction of sp³-hybridized carbons (Fsp3) is 0.500. The summed E-state index contributed by atoms with van der Waals surface area (Å²) in [7, 11) is 1.30. The Kier molecular flexibility index (Phi) is 5.45. The number of carbonyl (C=O) groups excluding carboxylic acids is 1. The Morgan fingerprint density at radius 1 is 1.60 bits per heavy atom. The number of rotatable bonds is 3. The summed E-state index contributed by atoms with van der Waals surface area (Å²) in [5.41, 5.74) is 0.402. The Morgan fingerprint density at radius 3 is 2.50 bits per heavy atom. The molecule has 0 aromatic carbocycles. The van der Waals surface area contributed by atoms with Crippen LogP contribution in [0.25, 0.3) is 0 Å². The molecule has 0 heterocycles. The van der Waals surface area contributed by atoms with Crippen molar-refractivity contribution in [3.63, 3.8) is 0 Å². The van der Waals surface area contributed by atoms with Gasteiger partial charge in [0.25, 0.3) is 0 Å². The highest BCUT2D eigenvalue weighted by Crippen LogP contribution is 2.00. The van der Waals surface area contributed by atoms with Gasteiger partial charge in [-0.2, -0.15) is 0 Å². The molecule has 0 atom stereocenters. The van der Waals surface area contributed by atoms with Crippen molar-refractivity contribution in [3.05, 3.63) is 11.6 Å². The molecule has 0 saturated heterocycles. The number of hydrogen-bond acceptors (Lipinski definition) is 2. The highest BCUT2D eigenvalue weighted by Gasteiger charge is 2.05. The van der Waals surface area contributed by atoms with Crippen LogP contribution in [0.5, 0.6) is 0 Å². The third kappa shape index (κ3) is 3.08. The average Bonchev–Trinajstić information content (AvgIpc) is 1.99. The molecule has 0 aliphatic heterocycles. The molecule has 4 heteroatoms. The maximum absolute atomic E-state index is 10.7. The van der Waals surface area contributed by atoms with Crippen LogP contribution >= 0.6 is 23.2 Å². The van der Waals surface area contributed by atoms with E-state index in [1.807, 2.05) is 0 Å². The zero-order chi connectivity index (χ0) is 7.98. The molecule has 0 amide bonds. The third-order valence-corrected chi connectivity index (χ3v) is 1.36. The molecule has 58 valence electrons. The van der Waals surface area contributed by atoms with Crippen LogP contribution < -0.4 is 0 Å². The zero-order valence-electron chi connectivity index (χ0n) is 5.56. The van der Waals surface area contributed by atoms with Crippen LogP contribution in [0, 0.1) is 0 Å². The molecule has 0 aromatic rings. The van der Waals surface area contributed by atoms with E-state index < -0.39 is 5.97 Å². The summed E-state index contributed by atoms with van der Waals surface area (Å²) in [6.07, 6.45) is 1.53. The highest BCUT2D eigenvalue weighted by molar-refractivity contribution is 6.23. The lowest BCUT2D eigenvalue weighted by atomic mass is 10.3. The molecule has 0 saturated carbocycles. The standard InChI is InChI=1S/C6H8Cl2O2/c1-10-6(9)5(4-8)2-3-7/h2H,3-4H2,1H3. The van der Waals surface area contributed by atoms with E-state index in [0.29, 0.717) is 5.57 Å². The quantitative estimate of drug-likeness (QED) is 0.377. The summed E-state index contributed by atoms with van der Waals surface area (Å²) in [5.74, 6) is -0.00745. The lowest BCUT2D eigenvalue weighted by molar-refractivity contribution is -0.135. The minimum absolute atomic E-state index is 0.138. The van der Waals surface area contributed by atoms with E-state index in [1.165, 1.54) is 13.2 Å². The van der Waals surface area contributed by atoms with Gasteiger partial charge in [-0.1, -0.05) is 6.08 Å². The molecule has 0 spiro atoms. The summed E-state index contributed by atoms with van der Waals surface area (Å²) in [4.78, 5) is 10.7. The Labute approximate surface area is 69.8 Å². The van der Waals surface area contributed by atoms with Crippen LogP contribution in [0.3, 0.4) is 0 Å². The number of alkyl halides is 2. The average molecular weight is 183 g/mol. The lowest BCUT2D eigenvalue weighted by Gasteiger charge is -1.98. The number of halogens is 2. The minimum atomic E-state index is -0.421. The zero-order valence-corrected chi connectivity index (χ0v) is 7.08. The molecule has 0 fully saturated rings. The van der Waals surface area contributed by atoms with Gasteiger partial charge in [0.05, 0.1) is 13.0 Å². The van der Waals surface area contributed by atoms with Crippen LogP contribution in [0.15, 0.2) is 11.6 Å². The number of carbonyl (C=O) groups is 1. The van der Waals surface area contributed by atoms with Gasteiger partial charge in [-0.15, -0.1) is 23.2 Å². The number of methoxy groups -OCH3 is 1. The maximum atomic E-state index is 10.7. The number of allylic oxidation sites excluding steroid dienone is 1. The van der Waals surface area contributed by atoms with Crippen molar-refractivity contribution < 1.29 is 9.53 Å². The first-order valence-corrected chi connectivity index (χ1v) is 3.72. The van der Waals surface area contributed by atoms with Crippen LogP contribution in [0.4, 0.5) is 0 Å². The van der Waals surface area contributed by atoms with Crippen LogP contribution in [-0.4, -0.2) is 24.8 Å². The van der Waals surface area contributed by atoms with E-state index in [0.717, 1.165) is 0 Å². The number of hydrogen-bond donors (Lipinski definition) is 0. The van der Waals surface area contributed by atoms with Gasteiger partial charge in [0.15, 0.2) is 0 Å². The first-order valence-electron chi connectivity index (χ1n) is 2.65. The second kappa shape index (κ2) is 5.57. The molecule has 0 radical (unpaired) electrons. The van der Waals surface area contributed by atoms with Crippen LogP contribution in [0.1, 0.15) is 0 Å². The third-order valence-electron chi connectivity index (χ3n) is 0.915. The van der Waals surface area contributed by atoms with Crippen LogP contribution in [-0.2, 0) is 9.53 Å². The normalized spacial score (nSPS) is 11.3. The van der Waals surface area contributed by atoms with Gasteiger partial charge in [0.1, 0.15) is 0 Å². The molecule has 0 unspecified atom stereocenters. The van der Waals surface area contributed by atoms with Crippen molar-refractivity contribution in [2.24, 2.45) is 0 Å². The van der Waals surface area contributed by atoms with Gasteiger partial charge in [0, 0.05) is 11.5 Å². The van der Waals surface area contributed by atoms with Crippen molar-refractivity contribution >= 4 is 29.2 Å². The van der Waals surface area contributed by atoms with E-state index in [9.17, 15) is 4.79 Å². The Hall–Kier alpha value is -0.210. The predicted molar refractivity (Wildman–Crippen MR) is 41.5 cm³/mol. The number of esters is 1. The molecule has 0 rings (SSSR count). The van der Waals surface area contributed by atoms with Gasteiger partial charge in [-0.25, -0.2) is 4.79 Å². The van der Waals surface area contributed by atoms with Crippen molar-refractivity contribution in [1.29, 1.82) is 0 Å². The predicted octanol–water partition coefficient (Wildman–Crippen LogP) is 1.56. The maximum Gasteiger partial charge on any atom is 0.334 e. The minimum Gasteiger partial charge on any atom is -0.466 e. The molecule has 2 nitrogen and oxygen atoms in total. The van der Waals surface area contributed by atoms with Crippen LogP contribution in [0.2, 0.25) is 0 Å². The highest BCUT2D eigenvalue weighted by atomic mass is 35.5. The van der Waals surface area contributed by atoms with E-state index in [2.05, 4.69) is 4.74 Å². The largest absolute Gasteiger partial charge is 0.466 e. The molecule has 0 N–H and O–H groups in total. The lowest BCUT2D eigenvalue weighted by Crippen LogP contribution is -2.05. The smallest absolute Gasteiger partial charge is 0.334 e. The summed E-state index contributed by atoms with van der Waals surface area (Å²) in [5, 5.41) is 0. The van der Waals surface area contributed by atoms with Gasteiger partial charge in [0.2, 0.25) is 0 Å². The van der Waals surface area contributed by atoms with Crippen molar-refractivity contribution in [3.8, 4) is 0 Å². The molecule has 0 aliphatic rings. The summed E-state index contributed by atoms with van der Waals surface area (Å²) in [6, 6.07) is 0. The van der Waals surface area contributed by atoms with E-state index in [4.69, 9.17) is 23.2 Å². The van der Waals surface area contributed by atoms with Crippen molar-refractivity contribution in [2.45, 2.75) is 0 Å². The molecule has 10 heavy (non-hydrogen) atoms. The van der Waals surface area contributed by atoms with Crippen molar-refractivity contribution in [1.82, 2.24) is 0 Å². The molecule has 0 aromatic heterocycles. The topological polar surface area (TPSA) is 26.3 Å². The molecule has 0 aliphatic carbocycles. The summed E-state index contributed by atoms with van der Waals surface area (Å²) in [6.45, 7) is 0. The fourth-order valence-electron chi connectivity index (χ4n) is 0.417. The Balaban J connectivity index is 4.06. The molecular weight excluding hydrogens is 175 g/mol. The SMILES string of the molecule is COC(=O)C(=CCCl)CCl. The second-order valence-corrected chi connectivity index (χ2v) is 2.08. The Morgan fingerprint density at radius 2 is 2.20 bits per heavy atom.